The Morgan fingerprint density at radius 3 is 2.75 bits per heavy atom. The number of para-hydroxylation sites is 1. The van der Waals surface area contributed by atoms with Crippen LogP contribution in [0.15, 0.2) is 29.3 Å². The summed E-state index contributed by atoms with van der Waals surface area (Å²) in [6.07, 6.45) is 2.90. The molecule has 0 aromatic heterocycles. The molecule has 7 heteroatoms. The van der Waals surface area contributed by atoms with Gasteiger partial charge in [0.05, 0.1) is 6.61 Å². The molecule has 1 fully saturated rings. The van der Waals surface area contributed by atoms with E-state index in [0.29, 0.717) is 18.9 Å². The minimum Gasteiger partial charge on any atom is -0.383 e. The maximum absolute atomic E-state index is 12.0. The van der Waals surface area contributed by atoms with Gasteiger partial charge in [0.15, 0.2) is 5.96 Å². The maximum atomic E-state index is 12.0. The Morgan fingerprint density at radius 2 is 2.00 bits per heavy atom. The molecule has 154 valence electrons. The van der Waals surface area contributed by atoms with E-state index in [1.807, 2.05) is 18.2 Å². The molecule has 2 aliphatic heterocycles. The lowest BCUT2D eigenvalue weighted by Gasteiger charge is -2.32. The van der Waals surface area contributed by atoms with Gasteiger partial charge in [0, 0.05) is 51.8 Å². The Kier molecular flexibility index (Phi) is 7.68. The van der Waals surface area contributed by atoms with Crippen molar-refractivity contribution < 1.29 is 9.53 Å². The van der Waals surface area contributed by atoms with Crippen LogP contribution in [0.1, 0.15) is 30.7 Å². The van der Waals surface area contributed by atoms with Crippen LogP contribution in [0.2, 0.25) is 0 Å². The quantitative estimate of drug-likeness (QED) is 0.490. The number of fused-ring (bicyclic) bond motifs is 1. The van der Waals surface area contributed by atoms with E-state index in [1.165, 1.54) is 18.4 Å². The number of methoxy groups -OCH3 is 1. The van der Waals surface area contributed by atoms with Crippen LogP contribution in [0, 0.1) is 5.92 Å². The summed E-state index contributed by atoms with van der Waals surface area (Å²) in [5.41, 5.74) is 2.11. The summed E-state index contributed by atoms with van der Waals surface area (Å²) in [5, 5.41) is 9.83. The molecule has 7 nitrogen and oxygen atoms in total. The van der Waals surface area contributed by atoms with Gasteiger partial charge in [0.2, 0.25) is 5.91 Å². The van der Waals surface area contributed by atoms with Crippen LogP contribution < -0.4 is 16.0 Å². The summed E-state index contributed by atoms with van der Waals surface area (Å²) < 4.78 is 5.17. The first kappa shape index (κ1) is 20.6. The fourth-order valence-corrected chi connectivity index (χ4v) is 4.00. The first-order chi connectivity index (χ1) is 13.7. The zero-order chi connectivity index (χ0) is 19.8. The molecule has 2 heterocycles. The number of nitrogens with zero attached hydrogens (tertiary/aromatic N) is 2. The van der Waals surface area contributed by atoms with E-state index < -0.39 is 0 Å². The smallest absolute Gasteiger partial charge is 0.225 e. The highest BCUT2D eigenvalue weighted by Crippen LogP contribution is 2.31. The molecule has 1 aromatic carbocycles. The third kappa shape index (κ3) is 5.69. The zero-order valence-corrected chi connectivity index (χ0v) is 17.0. The lowest BCUT2D eigenvalue weighted by Crippen LogP contribution is -2.44. The van der Waals surface area contributed by atoms with Crippen molar-refractivity contribution in [2.45, 2.75) is 25.2 Å². The Labute approximate surface area is 167 Å². The van der Waals surface area contributed by atoms with Crippen LogP contribution in [0.5, 0.6) is 0 Å². The molecule has 1 saturated heterocycles. The number of piperidine rings is 1. The highest BCUT2D eigenvalue weighted by molar-refractivity contribution is 5.94. The monoisotopic (exact) mass is 387 g/mol. The summed E-state index contributed by atoms with van der Waals surface area (Å²) in [6.45, 7) is 5.72. The second-order valence-corrected chi connectivity index (χ2v) is 7.65. The standard InChI is InChI=1S/C21H33N5O2/c1-22-21(23-14-16-7-9-26(10-8-16)11-12-28-2)24-15-17-13-20(27)25-19-6-4-3-5-18(17)19/h3-6,16-17H,7-15H2,1-2H3,(H,25,27)(H2,22,23,24). The second kappa shape index (κ2) is 10.4. The molecule has 1 amide bonds. The predicted octanol–water partition coefficient (Wildman–Crippen LogP) is 1.64. The highest BCUT2D eigenvalue weighted by Gasteiger charge is 2.25. The number of benzene rings is 1. The molecule has 1 atom stereocenters. The van der Waals surface area contributed by atoms with Crippen molar-refractivity contribution in [2.75, 3.05) is 58.8 Å². The Balaban J connectivity index is 1.43. The first-order valence-electron chi connectivity index (χ1n) is 10.2. The largest absolute Gasteiger partial charge is 0.383 e. The molecule has 2 aliphatic rings. The van der Waals surface area contributed by atoms with Gasteiger partial charge in [-0.3, -0.25) is 9.79 Å². The van der Waals surface area contributed by atoms with Crippen molar-refractivity contribution in [3.63, 3.8) is 0 Å². The van der Waals surface area contributed by atoms with Crippen LogP contribution >= 0.6 is 0 Å². The average Bonchev–Trinajstić information content (AvgIpc) is 2.73. The van der Waals surface area contributed by atoms with Gasteiger partial charge in [0.1, 0.15) is 0 Å². The molecule has 3 N–H and O–H groups in total. The van der Waals surface area contributed by atoms with Crippen LogP contribution in [-0.2, 0) is 9.53 Å². The molecule has 0 aliphatic carbocycles. The van der Waals surface area contributed by atoms with Crippen molar-refractivity contribution >= 4 is 17.6 Å². The van der Waals surface area contributed by atoms with E-state index in [2.05, 4.69) is 31.9 Å². The Hall–Kier alpha value is -2.12. The van der Waals surface area contributed by atoms with E-state index in [0.717, 1.165) is 44.4 Å². The lowest BCUT2D eigenvalue weighted by molar-refractivity contribution is -0.116. The topological polar surface area (TPSA) is 78.0 Å². The molecule has 0 saturated carbocycles. The molecule has 0 bridgehead atoms. The molecular formula is C21H33N5O2. The summed E-state index contributed by atoms with van der Waals surface area (Å²) >= 11 is 0. The molecule has 1 unspecified atom stereocenters. The van der Waals surface area contributed by atoms with Crippen LogP contribution in [0.3, 0.4) is 0 Å². The number of anilines is 1. The van der Waals surface area contributed by atoms with Crippen LogP contribution in [-0.4, -0.2) is 70.3 Å². The zero-order valence-electron chi connectivity index (χ0n) is 17.0. The molecular weight excluding hydrogens is 354 g/mol. The minimum atomic E-state index is 0.0775. The number of carbonyl (C=O) groups is 1. The van der Waals surface area contributed by atoms with Gasteiger partial charge < -0.3 is 25.6 Å². The van der Waals surface area contributed by atoms with Crippen molar-refractivity contribution in [1.82, 2.24) is 15.5 Å². The molecule has 0 spiro atoms. The van der Waals surface area contributed by atoms with E-state index in [9.17, 15) is 4.79 Å². The number of nitrogens with one attached hydrogen (secondary N) is 3. The van der Waals surface area contributed by atoms with E-state index >= 15 is 0 Å². The van der Waals surface area contributed by atoms with Crippen molar-refractivity contribution in [1.29, 1.82) is 0 Å². The number of aliphatic imine (C=N–C) groups is 1. The van der Waals surface area contributed by atoms with Crippen molar-refractivity contribution in [3.8, 4) is 0 Å². The minimum absolute atomic E-state index is 0.0775. The number of guanidine groups is 1. The first-order valence-corrected chi connectivity index (χ1v) is 10.2. The van der Waals surface area contributed by atoms with Gasteiger partial charge in [-0.25, -0.2) is 0 Å². The third-order valence-corrected chi connectivity index (χ3v) is 5.72. The number of carbonyl (C=O) groups excluding carboxylic acids is 1. The van der Waals surface area contributed by atoms with Crippen molar-refractivity contribution in [2.24, 2.45) is 10.9 Å². The van der Waals surface area contributed by atoms with E-state index in [-0.39, 0.29) is 11.8 Å². The average molecular weight is 388 g/mol. The number of amides is 1. The second-order valence-electron chi connectivity index (χ2n) is 7.65. The van der Waals surface area contributed by atoms with Gasteiger partial charge in [-0.1, -0.05) is 18.2 Å². The van der Waals surface area contributed by atoms with Gasteiger partial charge in [-0.2, -0.15) is 0 Å². The van der Waals surface area contributed by atoms with Gasteiger partial charge >= 0.3 is 0 Å². The Bertz CT molecular complexity index is 671. The third-order valence-electron chi connectivity index (χ3n) is 5.72. The Morgan fingerprint density at radius 1 is 1.25 bits per heavy atom. The van der Waals surface area contributed by atoms with Gasteiger partial charge in [-0.15, -0.1) is 0 Å². The molecule has 28 heavy (non-hydrogen) atoms. The number of rotatable bonds is 7. The molecule has 1 aromatic rings. The summed E-state index contributed by atoms with van der Waals surface area (Å²) in [7, 11) is 3.55. The fourth-order valence-electron chi connectivity index (χ4n) is 4.00. The van der Waals surface area contributed by atoms with Crippen LogP contribution in [0.4, 0.5) is 5.69 Å². The van der Waals surface area contributed by atoms with E-state index in [1.54, 1.807) is 14.2 Å². The SMILES string of the molecule is CN=C(NCC1CCN(CCOC)CC1)NCC1CC(=O)Nc2ccccc21. The van der Waals surface area contributed by atoms with E-state index in [4.69, 9.17) is 4.74 Å². The highest BCUT2D eigenvalue weighted by atomic mass is 16.5. The summed E-state index contributed by atoms with van der Waals surface area (Å²) in [4.78, 5) is 18.8. The predicted molar refractivity (Wildman–Crippen MR) is 113 cm³/mol. The van der Waals surface area contributed by atoms with Gasteiger partial charge in [0.25, 0.3) is 0 Å². The lowest BCUT2D eigenvalue weighted by atomic mass is 9.90. The normalized spacial score (nSPS) is 21.1. The number of ether oxygens (including phenoxy) is 1. The van der Waals surface area contributed by atoms with Crippen molar-refractivity contribution in [3.05, 3.63) is 29.8 Å². The molecule has 0 radical (unpaired) electrons. The maximum Gasteiger partial charge on any atom is 0.225 e. The fraction of sp³-hybridized carbons (Fsp3) is 0.619. The summed E-state index contributed by atoms with van der Waals surface area (Å²) in [6, 6.07) is 8.03. The number of hydrogen-bond acceptors (Lipinski definition) is 4. The summed E-state index contributed by atoms with van der Waals surface area (Å²) in [5.74, 6) is 1.71. The molecule has 3 rings (SSSR count). The van der Waals surface area contributed by atoms with Gasteiger partial charge in [-0.05, 0) is 43.5 Å². The number of hydrogen-bond donors (Lipinski definition) is 3. The number of likely N-dealkylation sites (tertiary alicyclic amines) is 1. The van der Waals surface area contributed by atoms with Crippen LogP contribution in [0.25, 0.3) is 0 Å².